The Bertz CT molecular complexity index is 708. The van der Waals surface area contributed by atoms with E-state index < -0.39 is 5.97 Å². The Balaban J connectivity index is 1.90. The summed E-state index contributed by atoms with van der Waals surface area (Å²) >= 11 is 7.93. The molecule has 2 aromatic heterocycles. The number of carboxylic acid groups (broad SMARTS) is 1. The van der Waals surface area contributed by atoms with Gasteiger partial charge in [-0.25, -0.2) is 9.97 Å². The van der Waals surface area contributed by atoms with Gasteiger partial charge >= 0.3 is 5.97 Å². The zero-order valence-electron chi connectivity index (χ0n) is 11.9. The summed E-state index contributed by atoms with van der Waals surface area (Å²) in [6.07, 6.45) is 1.24. The molecule has 0 bridgehead atoms. The lowest BCUT2D eigenvalue weighted by molar-refractivity contribution is -0.142. The van der Waals surface area contributed by atoms with Gasteiger partial charge in [0.15, 0.2) is 0 Å². The Morgan fingerprint density at radius 1 is 1.33 bits per heavy atom. The van der Waals surface area contributed by atoms with E-state index in [0.717, 1.165) is 15.8 Å². The predicted molar refractivity (Wildman–Crippen MR) is 84.5 cm³/mol. The van der Waals surface area contributed by atoms with Gasteiger partial charge < -0.3 is 10.0 Å². The number of rotatable bonds is 2. The van der Waals surface area contributed by atoms with Crippen LogP contribution in [0.4, 0.5) is 5.95 Å². The average molecular weight is 326 g/mol. The summed E-state index contributed by atoms with van der Waals surface area (Å²) in [6, 6.07) is 0. The highest BCUT2D eigenvalue weighted by atomic mass is 35.5. The first-order valence-corrected chi connectivity index (χ1v) is 8.08. The van der Waals surface area contributed by atoms with Crippen LogP contribution in [0.2, 0.25) is 5.15 Å². The fourth-order valence-corrected chi connectivity index (χ4v) is 4.05. The van der Waals surface area contributed by atoms with Crippen LogP contribution in [-0.4, -0.2) is 34.1 Å². The predicted octanol–water partition coefficient (Wildman–Crippen LogP) is 3.26. The van der Waals surface area contributed by atoms with E-state index in [1.54, 1.807) is 11.3 Å². The van der Waals surface area contributed by atoms with Gasteiger partial charge in [0.1, 0.15) is 9.98 Å². The number of fused-ring (bicyclic) bond motifs is 1. The first-order valence-electron chi connectivity index (χ1n) is 6.88. The fourth-order valence-electron chi connectivity index (χ4n) is 2.66. The van der Waals surface area contributed by atoms with E-state index in [0.29, 0.717) is 37.0 Å². The van der Waals surface area contributed by atoms with Crippen molar-refractivity contribution in [2.75, 3.05) is 18.0 Å². The molecule has 1 N–H and O–H groups in total. The van der Waals surface area contributed by atoms with Crippen LogP contribution in [-0.2, 0) is 4.79 Å². The molecule has 5 nitrogen and oxygen atoms in total. The largest absolute Gasteiger partial charge is 0.481 e. The molecule has 1 saturated heterocycles. The Morgan fingerprint density at radius 3 is 2.62 bits per heavy atom. The summed E-state index contributed by atoms with van der Waals surface area (Å²) in [5.41, 5.74) is 1.14. The zero-order chi connectivity index (χ0) is 15.1. The molecule has 21 heavy (non-hydrogen) atoms. The van der Waals surface area contributed by atoms with Crippen molar-refractivity contribution in [2.24, 2.45) is 5.92 Å². The third-order valence-electron chi connectivity index (χ3n) is 4.10. The molecule has 0 aliphatic carbocycles. The van der Waals surface area contributed by atoms with Crippen LogP contribution in [0, 0.1) is 19.8 Å². The minimum atomic E-state index is -0.714. The van der Waals surface area contributed by atoms with Crippen molar-refractivity contribution in [1.29, 1.82) is 0 Å². The number of piperidine rings is 1. The molecule has 0 amide bonds. The second-order valence-corrected chi connectivity index (χ2v) is 6.94. The molecule has 2 aromatic rings. The summed E-state index contributed by atoms with van der Waals surface area (Å²) in [7, 11) is 0. The number of aliphatic carboxylic acids is 1. The third kappa shape index (κ3) is 2.58. The molecule has 1 fully saturated rings. The number of anilines is 1. The van der Waals surface area contributed by atoms with Crippen molar-refractivity contribution in [3.05, 3.63) is 15.6 Å². The van der Waals surface area contributed by atoms with Crippen molar-refractivity contribution in [1.82, 2.24) is 9.97 Å². The number of aryl methyl sites for hydroxylation is 2. The van der Waals surface area contributed by atoms with Crippen molar-refractivity contribution < 1.29 is 9.90 Å². The molecule has 0 aromatic carbocycles. The third-order valence-corrected chi connectivity index (χ3v) is 5.47. The standard InChI is InChI=1S/C14H16ClN3O2S/c1-7-8(2)21-12-10(7)11(15)16-14(17-12)18-5-3-9(4-6-18)13(19)20/h9H,3-6H2,1-2H3,(H,19,20). The highest BCUT2D eigenvalue weighted by Crippen LogP contribution is 2.34. The molecule has 0 spiro atoms. The highest BCUT2D eigenvalue weighted by molar-refractivity contribution is 7.18. The van der Waals surface area contributed by atoms with E-state index in [4.69, 9.17) is 16.7 Å². The molecule has 0 atom stereocenters. The van der Waals surface area contributed by atoms with Crippen molar-refractivity contribution in [2.45, 2.75) is 26.7 Å². The number of nitrogens with zero attached hydrogens (tertiary/aromatic N) is 3. The van der Waals surface area contributed by atoms with E-state index in [1.165, 1.54) is 4.88 Å². The molecule has 3 rings (SSSR count). The molecule has 0 unspecified atom stereocenters. The van der Waals surface area contributed by atoms with Gasteiger partial charge in [-0.1, -0.05) is 11.6 Å². The lowest BCUT2D eigenvalue weighted by Crippen LogP contribution is -2.37. The lowest BCUT2D eigenvalue weighted by atomic mass is 9.97. The van der Waals surface area contributed by atoms with E-state index in [1.807, 2.05) is 11.8 Å². The van der Waals surface area contributed by atoms with Gasteiger partial charge in [0, 0.05) is 18.0 Å². The van der Waals surface area contributed by atoms with Gasteiger partial charge in [0.2, 0.25) is 5.95 Å². The molecule has 7 heteroatoms. The van der Waals surface area contributed by atoms with Crippen LogP contribution in [0.25, 0.3) is 10.2 Å². The smallest absolute Gasteiger partial charge is 0.306 e. The van der Waals surface area contributed by atoms with E-state index in [2.05, 4.69) is 16.9 Å². The summed E-state index contributed by atoms with van der Waals surface area (Å²) in [5.74, 6) is -0.363. The van der Waals surface area contributed by atoms with Crippen molar-refractivity contribution in [3.63, 3.8) is 0 Å². The van der Waals surface area contributed by atoms with Crippen LogP contribution in [0.1, 0.15) is 23.3 Å². The topological polar surface area (TPSA) is 66.3 Å². The first-order chi connectivity index (χ1) is 9.97. The Hall–Kier alpha value is -1.40. The fraction of sp³-hybridized carbons (Fsp3) is 0.500. The Morgan fingerprint density at radius 2 is 2.00 bits per heavy atom. The summed E-state index contributed by atoms with van der Waals surface area (Å²) in [5, 5.41) is 10.5. The normalized spacial score (nSPS) is 16.6. The highest BCUT2D eigenvalue weighted by Gasteiger charge is 2.26. The number of thiophene rings is 1. The van der Waals surface area contributed by atoms with Crippen LogP contribution >= 0.6 is 22.9 Å². The number of aromatic nitrogens is 2. The maximum Gasteiger partial charge on any atom is 0.306 e. The summed E-state index contributed by atoms with van der Waals surface area (Å²) < 4.78 is 0. The molecule has 112 valence electrons. The van der Waals surface area contributed by atoms with E-state index in [-0.39, 0.29) is 5.92 Å². The minimum absolute atomic E-state index is 0.258. The number of carboxylic acids is 1. The minimum Gasteiger partial charge on any atom is -0.481 e. The molecule has 1 aliphatic rings. The van der Waals surface area contributed by atoms with Gasteiger partial charge in [-0.2, -0.15) is 0 Å². The second-order valence-electron chi connectivity index (χ2n) is 5.38. The van der Waals surface area contributed by atoms with Gasteiger partial charge in [0.05, 0.1) is 11.3 Å². The van der Waals surface area contributed by atoms with E-state index in [9.17, 15) is 4.79 Å². The van der Waals surface area contributed by atoms with Crippen LogP contribution in [0.15, 0.2) is 0 Å². The van der Waals surface area contributed by atoms with Gasteiger partial charge in [0.25, 0.3) is 0 Å². The monoisotopic (exact) mass is 325 g/mol. The van der Waals surface area contributed by atoms with Crippen molar-refractivity contribution >= 4 is 45.1 Å². The first kappa shape index (κ1) is 14.5. The molecular weight excluding hydrogens is 310 g/mol. The molecular formula is C14H16ClN3O2S. The average Bonchev–Trinajstić information content (AvgIpc) is 2.74. The molecule has 3 heterocycles. The number of hydrogen-bond acceptors (Lipinski definition) is 5. The number of hydrogen-bond donors (Lipinski definition) is 1. The number of halogens is 1. The summed E-state index contributed by atoms with van der Waals surface area (Å²) in [6.45, 7) is 5.39. The second kappa shape index (κ2) is 5.42. The van der Waals surface area contributed by atoms with Gasteiger partial charge in [-0.3, -0.25) is 4.79 Å². The maximum atomic E-state index is 11.0. The van der Waals surface area contributed by atoms with Crippen LogP contribution < -0.4 is 4.90 Å². The van der Waals surface area contributed by atoms with Crippen LogP contribution in [0.3, 0.4) is 0 Å². The SMILES string of the molecule is Cc1sc2nc(N3CCC(C(=O)O)CC3)nc(Cl)c2c1C. The molecule has 0 saturated carbocycles. The van der Waals surface area contributed by atoms with E-state index >= 15 is 0 Å². The maximum absolute atomic E-state index is 11.0. The molecule has 1 aliphatic heterocycles. The number of carbonyl (C=O) groups is 1. The Kier molecular flexibility index (Phi) is 3.75. The quantitative estimate of drug-likeness (QED) is 0.858. The summed E-state index contributed by atoms with van der Waals surface area (Å²) in [4.78, 5) is 24.1. The van der Waals surface area contributed by atoms with Gasteiger partial charge in [-0.05, 0) is 32.3 Å². The van der Waals surface area contributed by atoms with Crippen LogP contribution in [0.5, 0.6) is 0 Å². The Labute approximate surface area is 131 Å². The van der Waals surface area contributed by atoms with Crippen molar-refractivity contribution in [3.8, 4) is 0 Å². The lowest BCUT2D eigenvalue weighted by Gasteiger charge is -2.30. The zero-order valence-corrected chi connectivity index (χ0v) is 13.5. The van der Waals surface area contributed by atoms with Gasteiger partial charge in [-0.15, -0.1) is 11.3 Å². The molecule has 0 radical (unpaired) electrons.